The molecule has 3 rings (SSSR count). The third kappa shape index (κ3) is 2.86. The molecule has 0 saturated heterocycles. The highest BCUT2D eigenvalue weighted by Gasteiger charge is 2.28. The van der Waals surface area contributed by atoms with Crippen LogP contribution in [0.5, 0.6) is 0 Å². The Labute approximate surface area is 128 Å². The van der Waals surface area contributed by atoms with Crippen LogP contribution in [-0.2, 0) is 19.3 Å². The second-order valence-electron chi connectivity index (χ2n) is 6.10. The minimum Gasteiger partial charge on any atom is -0.477 e. The molecule has 0 radical (unpaired) electrons. The minimum atomic E-state index is -0.843. The fourth-order valence-corrected chi connectivity index (χ4v) is 4.00. The lowest BCUT2D eigenvalue weighted by Crippen LogP contribution is -2.03. The van der Waals surface area contributed by atoms with Crippen LogP contribution < -0.4 is 0 Å². The van der Waals surface area contributed by atoms with Crippen molar-refractivity contribution >= 4 is 17.3 Å². The summed E-state index contributed by atoms with van der Waals surface area (Å²) in [7, 11) is 0. The van der Waals surface area contributed by atoms with Crippen LogP contribution in [0.1, 0.15) is 51.3 Å². The van der Waals surface area contributed by atoms with Gasteiger partial charge in [0.25, 0.3) is 0 Å². The van der Waals surface area contributed by atoms with Crippen LogP contribution in [-0.4, -0.2) is 16.1 Å². The highest BCUT2D eigenvalue weighted by Crippen LogP contribution is 2.37. The van der Waals surface area contributed by atoms with Gasteiger partial charge in [0.1, 0.15) is 4.88 Å². The summed E-state index contributed by atoms with van der Waals surface area (Å²) in [6, 6.07) is 8.46. The molecule has 0 spiro atoms. The molecule has 4 heteroatoms. The van der Waals surface area contributed by atoms with Gasteiger partial charge in [0, 0.05) is 5.92 Å². The van der Waals surface area contributed by atoms with Crippen LogP contribution in [0, 0.1) is 5.92 Å². The van der Waals surface area contributed by atoms with E-state index in [4.69, 9.17) is 0 Å². The lowest BCUT2D eigenvalue weighted by atomic mass is 10.1. The van der Waals surface area contributed by atoms with Crippen molar-refractivity contribution in [1.82, 2.24) is 4.98 Å². The molecule has 0 saturated carbocycles. The number of nitrogens with zero attached hydrogens (tertiary/aromatic N) is 1. The van der Waals surface area contributed by atoms with Crippen molar-refractivity contribution in [2.24, 2.45) is 5.92 Å². The molecule has 0 fully saturated rings. The highest BCUT2D eigenvalue weighted by atomic mass is 32.1. The van der Waals surface area contributed by atoms with Crippen LogP contribution >= 0.6 is 11.3 Å². The molecule has 0 bridgehead atoms. The number of hydrogen-bond donors (Lipinski definition) is 1. The zero-order valence-corrected chi connectivity index (χ0v) is 13.1. The summed E-state index contributed by atoms with van der Waals surface area (Å²) in [6.07, 6.45) is 2.69. The third-order valence-electron chi connectivity index (χ3n) is 3.91. The molecule has 1 aliphatic carbocycles. The van der Waals surface area contributed by atoms with Gasteiger partial charge in [0.15, 0.2) is 0 Å². The van der Waals surface area contributed by atoms with E-state index in [2.05, 4.69) is 43.1 Å². The molecule has 0 atom stereocenters. The van der Waals surface area contributed by atoms with Gasteiger partial charge >= 0.3 is 5.97 Å². The van der Waals surface area contributed by atoms with Gasteiger partial charge in [0.2, 0.25) is 0 Å². The number of rotatable bonds is 4. The maximum absolute atomic E-state index is 11.4. The Bertz CT molecular complexity index is 650. The molecule has 1 N–H and O–H groups in total. The Morgan fingerprint density at radius 3 is 2.48 bits per heavy atom. The summed E-state index contributed by atoms with van der Waals surface area (Å²) < 4.78 is 0. The number of carboxylic acid groups (broad SMARTS) is 1. The second kappa shape index (κ2) is 5.60. The van der Waals surface area contributed by atoms with E-state index in [9.17, 15) is 9.90 Å². The average Bonchev–Trinajstić information content (AvgIpc) is 3.00. The second-order valence-corrected chi connectivity index (χ2v) is 7.14. The van der Waals surface area contributed by atoms with Gasteiger partial charge in [0.05, 0.1) is 10.7 Å². The Hall–Kier alpha value is -1.68. The monoisotopic (exact) mass is 301 g/mol. The predicted octanol–water partition coefficient (Wildman–Crippen LogP) is 3.92. The van der Waals surface area contributed by atoms with E-state index >= 15 is 0 Å². The predicted molar refractivity (Wildman–Crippen MR) is 84.2 cm³/mol. The standard InChI is InChI=1S/C17H19NO2S/c1-10(2)7-14-15(17(19)20)21-16(18-14)13-8-11-5-3-4-6-12(11)9-13/h3-6,10,13H,7-9H2,1-2H3,(H,19,20). The smallest absolute Gasteiger partial charge is 0.347 e. The van der Waals surface area contributed by atoms with Gasteiger partial charge < -0.3 is 5.11 Å². The van der Waals surface area contributed by atoms with Crippen molar-refractivity contribution < 1.29 is 9.90 Å². The molecule has 1 heterocycles. The maximum atomic E-state index is 11.4. The summed E-state index contributed by atoms with van der Waals surface area (Å²) in [5.41, 5.74) is 3.51. The molecule has 2 aromatic rings. The Morgan fingerprint density at radius 1 is 1.33 bits per heavy atom. The van der Waals surface area contributed by atoms with E-state index in [1.54, 1.807) is 0 Å². The number of thiazole rings is 1. The number of carboxylic acids is 1. The summed E-state index contributed by atoms with van der Waals surface area (Å²) in [5.74, 6) is -0.0878. The zero-order valence-electron chi connectivity index (χ0n) is 12.3. The number of fused-ring (bicyclic) bond motifs is 1. The zero-order chi connectivity index (χ0) is 15.0. The SMILES string of the molecule is CC(C)Cc1nc(C2Cc3ccccc3C2)sc1C(=O)O. The van der Waals surface area contributed by atoms with E-state index in [1.165, 1.54) is 22.5 Å². The molecule has 3 nitrogen and oxygen atoms in total. The Balaban J connectivity index is 1.89. The van der Waals surface area contributed by atoms with Crippen molar-refractivity contribution in [1.29, 1.82) is 0 Å². The molecule has 1 aromatic heterocycles. The first-order valence-corrected chi connectivity index (χ1v) is 8.16. The van der Waals surface area contributed by atoms with Gasteiger partial charge in [-0.2, -0.15) is 0 Å². The molecular formula is C17H19NO2S. The van der Waals surface area contributed by atoms with Gasteiger partial charge in [-0.3, -0.25) is 0 Å². The van der Waals surface area contributed by atoms with E-state index in [-0.39, 0.29) is 0 Å². The van der Waals surface area contributed by atoms with Crippen molar-refractivity contribution in [3.8, 4) is 0 Å². The van der Waals surface area contributed by atoms with Crippen LogP contribution in [0.25, 0.3) is 0 Å². The quantitative estimate of drug-likeness (QED) is 0.931. The van der Waals surface area contributed by atoms with Crippen molar-refractivity contribution in [2.45, 2.75) is 39.0 Å². The molecule has 110 valence electrons. The maximum Gasteiger partial charge on any atom is 0.347 e. The number of benzene rings is 1. The molecular weight excluding hydrogens is 282 g/mol. The van der Waals surface area contributed by atoms with Gasteiger partial charge in [-0.05, 0) is 36.3 Å². The van der Waals surface area contributed by atoms with Crippen molar-refractivity contribution in [3.63, 3.8) is 0 Å². The van der Waals surface area contributed by atoms with E-state index in [1.807, 2.05) is 0 Å². The van der Waals surface area contributed by atoms with E-state index in [0.717, 1.165) is 30.0 Å². The third-order valence-corrected chi connectivity index (χ3v) is 5.16. The van der Waals surface area contributed by atoms with Crippen LogP contribution in [0.2, 0.25) is 0 Å². The largest absolute Gasteiger partial charge is 0.477 e. The molecule has 21 heavy (non-hydrogen) atoms. The van der Waals surface area contributed by atoms with Gasteiger partial charge in [-0.1, -0.05) is 38.1 Å². The lowest BCUT2D eigenvalue weighted by Gasteiger charge is -2.04. The highest BCUT2D eigenvalue weighted by molar-refractivity contribution is 7.13. The number of aromatic carboxylic acids is 1. The topological polar surface area (TPSA) is 50.2 Å². The first kappa shape index (κ1) is 14.3. The van der Waals surface area contributed by atoms with E-state index in [0.29, 0.717) is 16.7 Å². The normalized spacial score (nSPS) is 14.6. The fraction of sp³-hybridized carbons (Fsp3) is 0.412. The van der Waals surface area contributed by atoms with Gasteiger partial charge in [-0.25, -0.2) is 9.78 Å². The molecule has 1 aromatic carbocycles. The van der Waals surface area contributed by atoms with E-state index < -0.39 is 5.97 Å². The first-order chi connectivity index (χ1) is 10.0. The molecule has 0 aliphatic heterocycles. The molecule has 0 unspecified atom stereocenters. The average molecular weight is 301 g/mol. The van der Waals surface area contributed by atoms with Gasteiger partial charge in [-0.15, -0.1) is 11.3 Å². The Morgan fingerprint density at radius 2 is 1.95 bits per heavy atom. The summed E-state index contributed by atoms with van der Waals surface area (Å²) >= 11 is 1.37. The summed E-state index contributed by atoms with van der Waals surface area (Å²) in [6.45, 7) is 4.19. The summed E-state index contributed by atoms with van der Waals surface area (Å²) in [4.78, 5) is 16.5. The fourth-order valence-electron chi connectivity index (χ4n) is 2.97. The number of hydrogen-bond acceptors (Lipinski definition) is 3. The number of aromatic nitrogens is 1. The van der Waals surface area contributed by atoms with Crippen LogP contribution in [0.4, 0.5) is 0 Å². The van der Waals surface area contributed by atoms with Crippen LogP contribution in [0.3, 0.4) is 0 Å². The van der Waals surface area contributed by atoms with Crippen molar-refractivity contribution in [3.05, 3.63) is 51.0 Å². The Kier molecular flexibility index (Phi) is 3.81. The molecule has 1 aliphatic rings. The molecule has 0 amide bonds. The minimum absolute atomic E-state index is 0.339. The number of carbonyl (C=O) groups is 1. The first-order valence-electron chi connectivity index (χ1n) is 7.34. The lowest BCUT2D eigenvalue weighted by molar-refractivity contribution is 0.0700. The summed E-state index contributed by atoms with van der Waals surface area (Å²) in [5, 5.41) is 10.4. The van der Waals surface area contributed by atoms with Crippen molar-refractivity contribution in [2.75, 3.05) is 0 Å². The van der Waals surface area contributed by atoms with Crippen LogP contribution in [0.15, 0.2) is 24.3 Å².